The lowest BCUT2D eigenvalue weighted by Crippen LogP contribution is -2.38. The van der Waals surface area contributed by atoms with E-state index >= 15 is 0 Å². The van der Waals surface area contributed by atoms with Gasteiger partial charge < -0.3 is 14.9 Å². The van der Waals surface area contributed by atoms with Crippen molar-refractivity contribution in [1.29, 1.82) is 0 Å². The van der Waals surface area contributed by atoms with Crippen LogP contribution in [0.2, 0.25) is 0 Å². The Balaban J connectivity index is 2.00. The standard InChI is InChI=1S/C21H27N5O2/c1-14-6-5-7-16-12-17(20(24-18(14)16)25(3)10-11-27)13-26(4)21(28)19-15(2)22-8-9-23-19/h7-9,12,27H,5-6,10-11,13H2,1-4H3. The van der Waals surface area contributed by atoms with Crippen LogP contribution in [-0.4, -0.2) is 58.1 Å². The molecule has 0 fully saturated rings. The molecule has 2 heterocycles. The molecule has 1 N–H and O–H groups in total. The van der Waals surface area contributed by atoms with Crippen LogP contribution in [0.4, 0.5) is 5.82 Å². The second-order valence-corrected chi connectivity index (χ2v) is 7.23. The first-order valence-electron chi connectivity index (χ1n) is 9.47. The third-order valence-electron chi connectivity index (χ3n) is 5.03. The highest BCUT2D eigenvalue weighted by Gasteiger charge is 2.20. The van der Waals surface area contributed by atoms with Crippen LogP contribution in [0.3, 0.4) is 0 Å². The first-order chi connectivity index (χ1) is 13.4. The number of aryl methyl sites for hydroxylation is 1. The Morgan fingerprint density at radius 3 is 2.68 bits per heavy atom. The summed E-state index contributed by atoms with van der Waals surface area (Å²) in [6.45, 7) is 4.80. The summed E-state index contributed by atoms with van der Waals surface area (Å²) in [5, 5.41) is 11.5. The van der Waals surface area contributed by atoms with Gasteiger partial charge in [-0.05, 0) is 43.5 Å². The minimum Gasteiger partial charge on any atom is -0.395 e. The monoisotopic (exact) mass is 381 g/mol. The van der Waals surface area contributed by atoms with Gasteiger partial charge in [0, 0.05) is 45.1 Å². The van der Waals surface area contributed by atoms with E-state index in [0.29, 0.717) is 24.5 Å². The van der Waals surface area contributed by atoms with Gasteiger partial charge in [0.25, 0.3) is 5.91 Å². The SMILES string of the molecule is CC1=c2nc(N(C)CCO)c(CN(C)C(=O)c3nccnc3C)cc2=CCC1. The molecule has 1 amide bonds. The van der Waals surface area contributed by atoms with Crippen molar-refractivity contribution in [3.05, 3.63) is 46.0 Å². The predicted molar refractivity (Wildman–Crippen MR) is 109 cm³/mol. The molecule has 1 aliphatic rings. The summed E-state index contributed by atoms with van der Waals surface area (Å²) < 4.78 is 0. The quantitative estimate of drug-likeness (QED) is 0.790. The van der Waals surface area contributed by atoms with Crippen molar-refractivity contribution in [3.8, 4) is 0 Å². The minimum atomic E-state index is -0.175. The topological polar surface area (TPSA) is 82.5 Å². The third-order valence-corrected chi connectivity index (χ3v) is 5.03. The molecule has 0 aliphatic heterocycles. The van der Waals surface area contributed by atoms with E-state index in [4.69, 9.17) is 4.98 Å². The van der Waals surface area contributed by atoms with Gasteiger partial charge in [0.2, 0.25) is 0 Å². The number of hydrogen-bond acceptors (Lipinski definition) is 6. The normalized spacial score (nSPS) is 13.0. The van der Waals surface area contributed by atoms with Crippen molar-refractivity contribution in [1.82, 2.24) is 19.9 Å². The van der Waals surface area contributed by atoms with Gasteiger partial charge >= 0.3 is 0 Å². The first-order valence-corrected chi connectivity index (χ1v) is 9.47. The number of hydrogen-bond donors (Lipinski definition) is 1. The highest BCUT2D eigenvalue weighted by atomic mass is 16.3. The summed E-state index contributed by atoms with van der Waals surface area (Å²) >= 11 is 0. The number of carbonyl (C=O) groups is 1. The number of amides is 1. The highest BCUT2D eigenvalue weighted by molar-refractivity contribution is 5.93. The van der Waals surface area contributed by atoms with Crippen LogP contribution in [0.25, 0.3) is 11.6 Å². The molecule has 148 valence electrons. The predicted octanol–water partition coefficient (Wildman–Crippen LogP) is 0.626. The lowest BCUT2D eigenvalue weighted by Gasteiger charge is -2.24. The van der Waals surface area contributed by atoms with Crippen LogP contribution in [-0.2, 0) is 6.54 Å². The highest BCUT2D eigenvalue weighted by Crippen LogP contribution is 2.18. The number of rotatable bonds is 6. The molecule has 0 aromatic carbocycles. The molecule has 7 heteroatoms. The van der Waals surface area contributed by atoms with Crippen LogP contribution < -0.4 is 15.5 Å². The number of pyridine rings is 1. The number of fused-ring (bicyclic) bond motifs is 1. The van der Waals surface area contributed by atoms with Crippen LogP contribution in [0.1, 0.15) is 41.5 Å². The molecule has 2 aromatic heterocycles. The van der Waals surface area contributed by atoms with E-state index < -0.39 is 0 Å². The van der Waals surface area contributed by atoms with Crippen LogP contribution >= 0.6 is 0 Å². The van der Waals surface area contributed by atoms with Gasteiger partial charge in [-0.1, -0.05) is 6.08 Å². The summed E-state index contributed by atoms with van der Waals surface area (Å²) in [6.07, 6.45) is 7.31. The number of carbonyl (C=O) groups excluding carboxylic acids is 1. The van der Waals surface area contributed by atoms with Crippen molar-refractivity contribution >= 4 is 23.4 Å². The number of aliphatic hydroxyl groups excluding tert-OH is 1. The summed E-state index contributed by atoms with van der Waals surface area (Å²) in [5.74, 6) is 0.615. The van der Waals surface area contributed by atoms with Gasteiger partial charge in [0.15, 0.2) is 0 Å². The molecule has 28 heavy (non-hydrogen) atoms. The van der Waals surface area contributed by atoms with Gasteiger partial charge in [0.1, 0.15) is 11.5 Å². The molecule has 0 bridgehead atoms. The Morgan fingerprint density at radius 2 is 1.96 bits per heavy atom. The van der Waals surface area contributed by atoms with E-state index in [9.17, 15) is 9.90 Å². The molecule has 0 atom stereocenters. The number of nitrogens with zero attached hydrogens (tertiary/aromatic N) is 5. The smallest absolute Gasteiger partial charge is 0.274 e. The van der Waals surface area contributed by atoms with Gasteiger partial charge in [-0.2, -0.15) is 0 Å². The third kappa shape index (κ3) is 4.04. The molecule has 0 saturated heterocycles. The summed E-state index contributed by atoms with van der Waals surface area (Å²) in [7, 11) is 3.66. The maximum atomic E-state index is 12.9. The van der Waals surface area contributed by atoms with Crippen molar-refractivity contribution in [2.45, 2.75) is 33.2 Å². The van der Waals surface area contributed by atoms with Gasteiger partial charge in [-0.25, -0.2) is 9.97 Å². The molecule has 2 aromatic rings. The molecule has 7 nitrogen and oxygen atoms in total. The van der Waals surface area contributed by atoms with Gasteiger partial charge in [-0.15, -0.1) is 0 Å². The first kappa shape index (κ1) is 19.9. The molecule has 0 unspecified atom stereocenters. The fraction of sp³-hybridized carbons (Fsp3) is 0.429. The zero-order valence-electron chi connectivity index (χ0n) is 16.9. The Bertz CT molecular complexity index is 1000. The largest absolute Gasteiger partial charge is 0.395 e. The average Bonchev–Trinajstić information content (AvgIpc) is 2.68. The lowest BCUT2D eigenvalue weighted by atomic mass is 10.0. The van der Waals surface area contributed by atoms with Crippen molar-refractivity contribution in [3.63, 3.8) is 0 Å². The van der Waals surface area contributed by atoms with Crippen LogP contribution in [0.5, 0.6) is 0 Å². The second-order valence-electron chi connectivity index (χ2n) is 7.23. The number of aliphatic hydroxyl groups is 1. The fourth-order valence-electron chi connectivity index (χ4n) is 3.45. The average molecular weight is 381 g/mol. The zero-order valence-corrected chi connectivity index (χ0v) is 16.9. The van der Waals surface area contributed by atoms with Gasteiger partial charge in [0.05, 0.1) is 17.6 Å². The number of aromatic nitrogens is 3. The van der Waals surface area contributed by atoms with Crippen molar-refractivity contribution in [2.24, 2.45) is 0 Å². The molecule has 0 radical (unpaired) electrons. The van der Waals surface area contributed by atoms with Crippen LogP contribution in [0, 0.1) is 6.92 Å². The van der Waals surface area contributed by atoms with E-state index in [1.807, 2.05) is 11.9 Å². The van der Waals surface area contributed by atoms with Crippen molar-refractivity contribution in [2.75, 3.05) is 32.1 Å². The van der Waals surface area contributed by atoms with Gasteiger partial charge in [-0.3, -0.25) is 9.78 Å². The van der Waals surface area contributed by atoms with Crippen molar-refractivity contribution < 1.29 is 9.90 Å². The number of likely N-dealkylation sites (N-methyl/N-ethyl adjacent to an activating group) is 1. The molecule has 1 aliphatic carbocycles. The zero-order chi connectivity index (χ0) is 20.3. The van der Waals surface area contributed by atoms with E-state index in [1.165, 1.54) is 11.8 Å². The van der Waals surface area contributed by atoms with E-state index in [1.54, 1.807) is 25.1 Å². The Hall–Kier alpha value is -2.80. The minimum absolute atomic E-state index is 0.0388. The van der Waals surface area contributed by atoms with E-state index in [-0.39, 0.29) is 12.5 Å². The maximum absolute atomic E-state index is 12.9. The second kappa shape index (κ2) is 8.48. The summed E-state index contributed by atoms with van der Waals surface area (Å²) in [4.78, 5) is 29.7. The number of anilines is 1. The van der Waals surface area contributed by atoms with E-state index in [2.05, 4.69) is 29.0 Å². The molecule has 0 saturated carbocycles. The molecule has 3 rings (SSSR count). The van der Waals surface area contributed by atoms with E-state index in [0.717, 1.165) is 34.8 Å². The Morgan fingerprint density at radius 1 is 1.21 bits per heavy atom. The lowest BCUT2D eigenvalue weighted by molar-refractivity contribution is 0.0778. The Labute approximate surface area is 165 Å². The Kier molecular flexibility index (Phi) is 6.04. The fourth-order valence-corrected chi connectivity index (χ4v) is 3.45. The summed E-state index contributed by atoms with van der Waals surface area (Å²) in [6, 6.07) is 2.11. The molecular formula is C21H27N5O2. The molecular weight excluding hydrogens is 354 g/mol. The summed E-state index contributed by atoms with van der Waals surface area (Å²) in [5.41, 5.74) is 3.18. The molecule has 0 spiro atoms. The maximum Gasteiger partial charge on any atom is 0.274 e. The van der Waals surface area contributed by atoms with Crippen LogP contribution in [0.15, 0.2) is 18.5 Å².